The number of sulfonamides is 1. The highest BCUT2D eigenvalue weighted by atomic mass is 35.5. The molecule has 4 nitrogen and oxygen atoms in total. The first-order chi connectivity index (χ1) is 11.4. The fourth-order valence-electron chi connectivity index (χ4n) is 2.80. The standard InChI is InChI=1S/C17H18ClFN2O2S/c18-15-4-2-6-17(12-15)24(22,23)21-9-7-20(8-10-21)13-14-3-1-5-16(19)11-14/h1-6,11-12H,7-10,13H2. The van der Waals surface area contributed by atoms with E-state index in [1.165, 1.54) is 22.5 Å². The lowest BCUT2D eigenvalue weighted by molar-refractivity contribution is 0.181. The van der Waals surface area contributed by atoms with Crippen LogP contribution in [0, 0.1) is 5.82 Å². The summed E-state index contributed by atoms with van der Waals surface area (Å²) in [5.74, 6) is -0.255. The van der Waals surface area contributed by atoms with Crippen LogP contribution in [0.25, 0.3) is 0 Å². The van der Waals surface area contributed by atoms with E-state index in [0.717, 1.165) is 5.56 Å². The number of rotatable bonds is 4. The summed E-state index contributed by atoms with van der Waals surface area (Å²) in [7, 11) is -3.53. The van der Waals surface area contributed by atoms with Gasteiger partial charge in [-0.05, 0) is 35.9 Å². The molecular formula is C17H18ClFN2O2S. The Morgan fingerprint density at radius 1 is 1.00 bits per heavy atom. The quantitative estimate of drug-likeness (QED) is 0.833. The van der Waals surface area contributed by atoms with Gasteiger partial charge in [-0.3, -0.25) is 4.90 Å². The number of hydrogen-bond donors (Lipinski definition) is 0. The lowest BCUT2D eigenvalue weighted by atomic mass is 10.2. The van der Waals surface area contributed by atoms with Gasteiger partial charge in [0.05, 0.1) is 4.90 Å². The summed E-state index contributed by atoms with van der Waals surface area (Å²) < 4.78 is 40.0. The first kappa shape index (κ1) is 17.4. The third-order valence-electron chi connectivity index (χ3n) is 4.06. The molecule has 0 bridgehead atoms. The molecule has 0 aromatic heterocycles. The van der Waals surface area contributed by atoms with E-state index in [-0.39, 0.29) is 10.7 Å². The Kier molecular flexibility index (Phi) is 5.20. The predicted octanol–water partition coefficient (Wildman–Crippen LogP) is 2.99. The summed E-state index contributed by atoms with van der Waals surface area (Å²) >= 11 is 5.89. The minimum Gasteiger partial charge on any atom is -0.296 e. The number of benzene rings is 2. The smallest absolute Gasteiger partial charge is 0.243 e. The Labute approximate surface area is 146 Å². The maximum Gasteiger partial charge on any atom is 0.243 e. The third-order valence-corrected chi connectivity index (χ3v) is 6.19. The topological polar surface area (TPSA) is 40.6 Å². The molecule has 128 valence electrons. The molecule has 1 heterocycles. The van der Waals surface area contributed by atoms with Crippen LogP contribution in [-0.2, 0) is 16.6 Å². The Morgan fingerprint density at radius 2 is 1.71 bits per heavy atom. The van der Waals surface area contributed by atoms with Crippen molar-refractivity contribution in [1.82, 2.24) is 9.21 Å². The van der Waals surface area contributed by atoms with Gasteiger partial charge in [-0.15, -0.1) is 0 Å². The van der Waals surface area contributed by atoms with Crippen LogP contribution in [0.4, 0.5) is 4.39 Å². The van der Waals surface area contributed by atoms with Gasteiger partial charge in [-0.1, -0.05) is 29.8 Å². The molecule has 0 aliphatic carbocycles. The maximum atomic E-state index is 13.2. The van der Waals surface area contributed by atoms with E-state index in [1.54, 1.807) is 24.3 Å². The first-order valence-electron chi connectivity index (χ1n) is 7.68. The molecule has 0 radical (unpaired) electrons. The van der Waals surface area contributed by atoms with Crippen molar-refractivity contribution in [1.29, 1.82) is 0 Å². The van der Waals surface area contributed by atoms with Gasteiger partial charge in [0.1, 0.15) is 5.82 Å². The largest absolute Gasteiger partial charge is 0.296 e. The van der Waals surface area contributed by atoms with Crippen molar-refractivity contribution in [3.05, 3.63) is 64.9 Å². The zero-order chi connectivity index (χ0) is 17.2. The van der Waals surface area contributed by atoms with Gasteiger partial charge >= 0.3 is 0 Å². The highest BCUT2D eigenvalue weighted by Gasteiger charge is 2.28. The second-order valence-corrected chi connectivity index (χ2v) is 8.14. The highest BCUT2D eigenvalue weighted by molar-refractivity contribution is 7.89. The second-order valence-electron chi connectivity index (χ2n) is 5.77. The normalized spacial score (nSPS) is 17.1. The lowest BCUT2D eigenvalue weighted by Gasteiger charge is -2.34. The molecule has 0 amide bonds. The number of hydrogen-bond acceptors (Lipinski definition) is 3. The molecule has 2 aromatic rings. The van der Waals surface area contributed by atoms with Crippen LogP contribution in [0.1, 0.15) is 5.56 Å². The van der Waals surface area contributed by atoms with E-state index in [1.807, 2.05) is 6.07 Å². The lowest BCUT2D eigenvalue weighted by Crippen LogP contribution is -2.48. The molecule has 24 heavy (non-hydrogen) atoms. The van der Waals surface area contributed by atoms with E-state index in [0.29, 0.717) is 37.7 Å². The van der Waals surface area contributed by atoms with Gasteiger partial charge in [0.2, 0.25) is 10.0 Å². The fourth-order valence-corrected chi connectivity index (χ4v) is 4.52. The fraction of sp³-hybridized carbons (Fsp3) is 0.294. The highest BCUT2D eigenvalue weighted by Crippen LogP contribution is 2.21. The molecule has 0 saturated carbocycles. The summed E-state index contributed by atoms with van der Waals surface area (Å²) in [6.07, 6.45) is 0. The van der Waals surface area contributed by atoms with Crippen molar-refractivity contribution in [3.8, 4) is 0 Å². The Hall–Kier alpha value is -1.47. The summed E-state index contributed by atoms with van der Waals surface area (Å²) in [4.78, 5) is 2.34. The monoisotopic (exact) mass is 368 g/mol. The molecule has 0 spiro atoms. The van der Waals surface area contributed by atoms with Crippen LogP contribution < -0.4 is 0 Å². The minimum atomic E-state index is -3.53. The predicted molar refractivity (Wildman–Crippen MR) is 91.9 cm³/mol. The van der Waals surface area contributed by atoms with Crippen LogP contribution in [0.5, 0.6) is 0 Å². The van der Waals surface area contributed by atoms with Crippen molar-refractivity contribution in [2.24, 2.45) is 0 Å². The van der Waals surface area contributed by atoms with Crippen LogP contribution >= 0.6 is 11.6 Å². The van der Waals surface area contributed by atoms with Crippen molar-refractivity contribution < 1.29 is 12.8 Å². The van der Waals surface area contributed by atoms with Gasteiger partial charge < -0.3 is 0 Å². The Morgan fingerprint density at radius 3 is 2.38 bits per heavy atom. The van der Waals surface area contributed by atoms with E-state index in [4.69, 9.17) is 11.6 Å². The molecule has 1 saturated heterocycles. The molecule has 1 aliphatic rings. The van der Waals surface area contributed by atoms with Crippen molar-refractivity contribution in [2.45, 2.75) is 11.4 Å². The molecule has 0 atom stereocenters. The molecular weight excluding hydrogens is 351 g/mol. The Balaban J connectivity index is 1.64. The van der Waals surface area contributed by atoms with E-state index >= 15 is 0 Å². The summed E-state index contributed by atoms with van der Waals surface area (Å²) in [6.45, 7) is 2.64. The van der Waals surface area contributed by atoms with E-state index < -0.39 is 10.0 Å². The van der Waals surface area contributed by atoms with Crippen molar-refractivity contribution in [3.63, 3.8) is 0 Å². The summed E-state index contributed by atoms with van der Waals surface area (Å²) in [6, 6.07) is 12.8. The van der Waals surface area contributed by atoms with Crippen LogP contribution in [0.15, 0.2) is 53.4 Å². The molecule has 3 rings (SSSR count). The maximum absolute atomic E-state index is 13.2. The van der Waals surface area contributed by atoms with E-state index in [9.17, 15) is 12.8 Å². The van der Waals surface area contributed by atoms with Gasteiger partial charge in [-0.2, -0.15) is 4.31 Å². The van der Waals surface area contributed by atoms with E-state index in [2.05, 4.69) is 4.90 Å². The molecule has 1 fully saturated rings. The summed E-state index contributed by atoms with van der Waals surface area (Å²) in [5.41, 5.74) is 0.890. The van der Waals surface area contributed by atoms with Crippen LogP contribution in [-0.4, -0.2) is 43.8 Å². The van der Waals surface area contributed by atoms with Gasteiger partial charge in [-0.25, -0.2) is 12.8 Å². The zero-order valence-electron chi connectivity index (χ0n) is 13.0. The molecule has 1 aliphatic heterocycles. The molecule has 0 N–H and O–H groups in total. The first-order valence-corrected chi connectivity index (χ1v) is 9.49. The third kappa shape index (κ3) is 3.95. The number of piperazine rings is 1. The Bertz CT molecular complexity index is 821. The molecule has 2 aromatic carbocycles. The SMILES string of the molecule is O=S(=O)(c1cccc(Cl)c1)N1CCN(Cc2cccc(F)c2)CC1. The minimum absolute atomic E-state index is 0.216. The van der Waals surface area contributed by atoms with Crippen LogP contribution in [0.2, 0.25) is 5.02 Å². The second kappa shape index (κ2) is 7.19. The average Bonchev–Trinajstić information content (AvgIpc) is 2.55. The van der Waals surface area contributed by atoms with Crippen molar-refractivity contribution in [2.75, 3.05) is 26.2 Å². The van der Waals surface area contributed by atoms with Crippen molar-refractivity contribution >= 4 is 21.6 Å². The molecule has 0 unspecified atom stereocenters. The van der Waals surface area contributed by atoms with Gasteiger partial charge in [0.25, 0.3) is 0 Å². The number of nitrogens with zero attached hydrogens (tertiary/aromatic N) is 2. The zero-order valence-corrected chi connectivity index (χ0v) is 14.6. The average molecular weight is 369 g/mol. The molecule has 7 heteroatoms. The summed E-state index contributed by atoms with van der Waals surface area (Å²) in [5, 5.41) is 0.404. The van der Waals surface area contributed by atoms with Gasteiger partial charge in [0, 0.05) is 37.7 Å². The van der Waals surface area contributed by atoms with Crippen LogP contribution in [0.3, 0.4) is 0 Å². The van der Waals surface area contributed by atoms with Gasteiger partial charge in [0.15, 0.2) is 0 Å². The number of halogens is 2.